The van der Waals surface area contributed by atoms with Crippen LogP contribution in [-0.4, -0.2) is 28.2 Å². The number of fused-ring (bicyclic) bond motifs is 1. The molecular formula is C15H18ClNO3S. The summed E-state index contributed by atoms with van der Waals surface area (Å²) in [7, 11) is -2.11. The Balaban J connectivity index is 2.50. The van der Waals surface area contributed by atoms with Gasteiger partial charge in [0.15, 0.2) is 0 Å². The van der Waals surface area contributed by atoms with Crippen LogP contribution in [0.2, 0.25) is 5.02 Å². The lowest BCUT2D eigenvalue weighted by Crippen LogP contribution is -2.37. The molecule has 114 valence electrons. The highest BCUT2D eigenvalue weighted by molar-refractivity contribution is 7.89. The van der Waals surface area contributed by atoms with Gasteiger partial charge in [-0.3, -0.25) is 0 Å². The van der Waals surface area contributed by atoms with Gasteiger partial charge in [-0.25, -0.2) is 13.1 Å². The average molecular weight is 328 g/mol. The van der Waals surface area contributed by atoms with E-state index < -0.39 is 10.0 Å². The van der Waals surface area contributed by atoms with Crippen molar-refractivity contribution in [2.24, 2.45) is 0 Å². The van der Waals surface area contributed by atoms with Gasteiger partial charge in [0.2, 0.25) is 10.0 Å². The SMILES string of the molecule is CCC(COC)NS(=O)(=O)c1cccc2cccc(Cl)c12. The Hall–Kier alpha value is -1.14. The average Bonchev–Trinajstić information content (AvgIpc) is 2.46. The quantitative estimate of drug-likeness (QED) is 0.886. The molecule has 4 nitrogen and oxygen atoms in total. The second-order valence-corrected chi connectivity index (χ2v) is 6.87. The fourth-order valence-electron chi connectivity index (χ4n) is 2.21. The summed E-state index contributed by atoms with van der Waals surface area (Å²) in [4.78, 5) is 0.195. The van der Waals surface area contributed by atoms with Crippen molar-refractivity contribution in [2.75, 3.05) is 13.7 Å². The predicted octanol–water partition coefficient (Wildman–Crippen LogP) is 3.20. The van der Waals surface area contributed by atoms with Crippen molar-refractivity contribution in [2.45, 2.75) is 24.3 Å². The van der Waals surface area contributed by atoms with E-state index in [1.807, 2.05) is 19.1 Å². The molecule has 1 N–H and O–H groups in total. The molecule has 0 aliphatic heterocycles. The van der Waals surface area contributed by atoms with E-state index in [1.165, 1.54) is 0 Å². The molecular weight excluding hydrogens is 310 g/mol. The lowest BCUT2D eigenvalue weighted by atomic mass is 10.1. The summed E-state index contributed by atoms with van der Waals surface area (Å²) in [5.41, 5.74) is 0. The zero-order valence-corrected chi connectivity index (χ0v) is 13.5. The molecule has 0 amide bonds. The third-order valence-corrected chi connectivity index (χ3v) is 5.17. The standard InChI is InChI=1S/C15H18ClNO3S/c1-3-12(10-20-2)17-21(18,19)14-9-5-7-11-6-4-8-13(16)15(11)14/h4-9,12,17H,3,10H2,1-2H3. The van der Waals surface area contributed by atoms with Gasteiger partial charge in [0, 0.05) is 23.6 Å². The number of ether oxygens (including phenoxy) is 1. The van der Waals surface area contributed by atoms with Crippen molar-refractivity contribution < 1.29 is 13.2 Å². The Kier molecular flexibility index (Phi) is 5.22. The zero-order chi connectivity index (χ0) is 15.5. The highest BCUT2D eigenvalue weighted by Crippen LogP contribution is 2.29. The lowest BCUT2D eigenvalue weighted by Gasteiger charge is -2.17. The van der Waals surface area contributed by atoms with Crippen molar-refractivity contribution in [1.82, 2.24) is 4.72 Å². The van der Waals surface area contributed by atoms with Gasteiger partial charge in [0.05, 0.1) is 11.5 Å². The predicted molar refractivity (Wildman–Crippen MR) is 85.2 cm³/mol. The largest absolute Gasteiger partial charge is 0.383 e. The molecule has 0 bridgehead atoms. The van der Waals surface area contributed by atoms with Crippen LogP contribution in [0.15, 0.2) is 41.3 Å². The number of hydrogen-bond acceptors (Lipinski definition) is 3. The highest BCUT2D eigenvalue weighted by Gasteiger charge is 2.22. The third-order valence-electron chi connectivity index (χ3n) is 3.29. The van der Waals surface area contributed by atoms with Gasteiger partial charge < -0.3 is 4.74 Å². The van der Waals surface area contributed by atoms with E-state index in [4.69, 9.17) is 16.3 Å². The minimum atomic E-state index is -3.66. The maximum absolute atomic E-state index is 12.6. The number of sulfonamides is 1. The summed E-state index contributed by atoms with van der Waals surface area (Å²) in [5, 5.41) is 1.76. The van der Waals surface area contributed by atoms with Gasteiger partial charge in [0.25, 0.3) is 0 Å². The van der Waals surface area contributed by atoms with Crippen LogP contribution in [0.1, 0.15) is 13.3 Å². The Labute approximate surface area is 130 Å². The Morgan fingerprint density at radius 3 is 2.52 bits per heavy atom. The Morgan fingerprint density at radius 1 is 1.24 bits per heavy atom. The zero-order valence-electron chi connectivity index (χ0n) is 12.0. The van der Waals surface area contributed by atoms with E-state index in [1.54, 1.807) is 31.4 Å². The first kappa shape index (κ1) is 16.2. The van der Waals surface area contributed by atoms with Crippen LogP contribution in [0.3, 0.4) is 0 Å². The van der Waals surface area contributed by atoms with Crippen LogP contribution in [-0.2, 0) is 14.8 Å². The summed E-state index contributed by atoms with van der Waals surface area (Å²) in [6, 6.07) is 10.2. The van der Waals surface area contributed by atoms with Crippen molar-refractivity contribution in [3.05, 3.63) is 41.4 Å². The molecule has 2 aromatic rings. The van der Waals surface area contributed by atoms with Crippen molar-refractivity contribution in [1.29, 1.82) is 0 Å². The van der Waals surface area contributed by atoms with Crippen molar-refractivity contribution in [3.63, 3.8) is 0 Å². The van der Waals surface area contributed by atoms with E-state index in [0.29, 0.717) is 23.4 Å². The number of hydrogen-bond donors (Lipinski definition) is 1. The first-order valence-corrected chi connectivity index (χ1v) is 8.54. The highest BCUT2D eigenvalue weighted by atomic mass is 35.5. The van der Waals surface area contributed by atoms with Gasteiger partial charge in [-0.1, -0.05) is 42.8 Å². The molecule has 0 saturated heterocycles. The summed E-state index contributed by atoms with van der Waals surface area (Å²) >= 11 is 6.18. The lowest BCUT2D eigenvalue weighted by molar-refractivity contribution is 0.173. The van der Waals surface area contributed by atoms with Gasteiger partial charge in [0.1, 0.15) is 0 Å². The second kappa shape index (κ2) is 6.75. The Bertz CT molecular complexity index is 726. The summed E-state index contributed by atoms with van der Waals surface area (Å²) < 4.78 is 32.9. The van der Waals surface area contributed by atoms with E-state index in [9.17, 15) is 8.42 Å². The topological polar surface area (TPSA) is 55.4 Å². The van der Waals surface area contributed by atoms with Crippen LogP contribution >= 0.6 is 11.6 Å². The molecule has 1 unspecified atom stereocenters. The van der Waals surface area contributed by atoms with Crippen LogP contribution in [0.4, 0.5) is 0 Å². The van der Waals surface area contributed by atoms with Gasteiger partial charge >= 0.3 is 0 Å². The van der Waals surface area contributed by atoms with Crippen molar-refractivity contribution in [3.8, 4) is 0 Å². The van der Waals surface area contributed by atoms with E-state index in [2.05, 4.69) is 4.72 Å². The number of benzene rings is 2. The molecule has 0 radical (unpaired) electrons. The molecule has 0 heterocycles. The maximum Gasteiger partial charge on any atom is 0.241 e. The summed E-state index contributed by atoms with van der Waals surface area (Å²) in [6.45, 7) is 2.23. The molecule has 0 aromatic heterocycles. The summed E-state index contributed by atoms with van der Waals surface area (Å²) in [6.07, 6.45) is 0.644. The van der Waals surface area contributed by atoms with E-state index in [0.717, 1.165) is 5.39 Å². The fraction of sp³-hybridized carbons (Fsp3) is 0.333. The van der Waals surface area contributed by atoms with E-state index in [-0.39, 0.29) is 10.9 Å². The first-order valence-electron chi connectivity index (χ1n) is 6.68. The minimum absolute atomic E-state index is 0.195. The number of rotatable bonds is 6. The molecule has 1 atom stereocenters. The van der Waals surface area contributed by atoms with Crippen LogP contribution in [0.25, 0.3) is 10.8 Å². The molecule has 0 saturated carbocycles. The number of halogens is 1. The maximum atomic E-state index is 12.6. The van der Waals surface area contributed by atoms with Crippen LogP contribution in [0.5, 0.6) is 0 Å². The molecule has 2 aromatic carbocycles. The first-order chi connectivity index (χ1) is 9.99. The normalized spacial score (nSPS) is 13.5. The summed E-state index contributed by atoms with van der Waals surface area (Å²) in [5.74, 6) is 0. The van der Waals surface area contributed by atoms with Gasteiger partial charge in [-0.05, 0) is 23.9 Å². The van der Waals surface area contributed by atoms with E-state index >= 15 is 0 Å². The molecule has 21 heavy (non-hydrogen) atoms. The molecule has 0 aliphatic rings. The van der Waals surface area contributed by atoms with Crippen LogP contribution < -0.4 is 4.72 Å². The smallest absolute Gasteiger partial charge is 0.241 e. The fourth-order valence-corrected chi connectivity index (χ4v) is 4.10. The number of nitrogens with one attached hydrogen (secondary N) is 1. The monoisotopic (exact) mass is 327 g/mol. The van der Waals surface area contributed by atoms with Gasteiger partial charge in [-0.15, -0.1) is 0 Å². The number of methoxy groups -OCH3 is 1. The molecule has 0 fully saturated rings. The minimum Gasteiger partial charge on any atom is -0.383 e. The third kappa shape index (κ3) is 3.55. The van der Waals surface area contributed by atoms with Gasteiger partial charge in [-0.2, -0.15) is 0 Å². The Morgan fingerprint density at radius 2 is 1.90 bits per heavy atom. The molecule has 2 rings (SSSR count). The second-order valence-electron chi connectivity index (χ2n) is 4.78. The molecule has 0 aliphatic carbocycles. The van der Waals surface area contributed by atoms with Crippen LogP contribution in [0, 0.1) is 0 Å². The molecule has 6 heteroatoms. The van der Waals surface area contributed by atoms with Crippen molar-refractivity contribution >= 4 is 32.4 Å². The molecule has 0 spiro atoms.